The van der Waals surface area contributed by atoms with Gasteiger partial charge in [-0.1, -0.05) is 45.4 Å². The van der Waals surface area contributed by atoms with Crippen LogP contribution in [0, 0.1) is 29.6 Å². The van der Waals surface area contributed by atoms with E-state index in [1.807, 2.05) is 6.08 Å². The third-order valence-corrected chi connectivity index (χ3v) is 5.92. The SMILES string of the molecule is C=C(/C=C/[C@@H](C)[C@H]1CC[C@H]2C(C)CCCC21)C(C)(C)O. The molecule has 2 rings (SSSR count). The van der Waals surface area contributed by atoms with Crippen molar-refractivity contribution >= 4 is 0 Å². The summed E-state index contributed by atoms with van der Waals surface area (Å²) in [5, 5.41) is 9.94. The molecule has 2 saturated carbocycles. The molecule has 0 amide bonds. The molecule has 114 valence electrons. The smallest absolute Gasteiger partial charge is 0.0834 e. The zero-order chi connectivity index (χ0) is 14.9. The second-order valence-electron chi connectivity index (χ2n) is 7.78. The highest BCUT2D eigenvalue weighted by atomic mass is 16.3. The van der Waals surface area contributed by atoms with E-state index >= 15 is 0 Å². The molecule has 0 aliphatic heterocycles. The van der Waals surface area contributed by atoms with E-state index in [1.54, 1.807) is 13.8 Å². The molecule has 0 aromatic rings. The first-order valence-electron chi connectivity index (χ1n) is 8.40. The Bertz CT molecular complexity index is 374. The van der Waals surface area contributed by atoms with Crippen molar-refractivity contribution < 1.29 is 5.11 Å². The first-order valence-corrected chi connectivity index (χ1v) is 8.40. The van der Waals surface area contributed by atoms with Gasteiger partial charge in [-0.15, -0.1) is 0 Å². The largest absolute Gasteiger partial charge is 0.386 e. The van der Waals surface area contributed by atoms with Crippen LogP contribution in [0.15, 0.2) is 24.3 Å². The van der Waals surface area contributed by atoms with Crippen LogP contribution >= 0.6 is 0 Å². The van der Waals surface area contributed by atoms with Crippen LogP contribution in [-0.2, 0) is 0 Å². The predicted octanol–water partition coefficient (Wildman–Crippen LogP) is 4.97. The van der Waals surface area contributed by atoms with Crippen LogP contribution < -0.4 is 0 Å². The Hall–Kier alpha value is -0.560. The molecule has 5 atom stereocenters. The molecule has 1 heteroatoms. The first-order chi connectivity index (χ1) is 9.30. The topological polar surface area (TPSA) is 20.2 Å². The fraction of sp³-hybridized carbons (Fsp3) is 0.789. The maximum absolute atomic E-state index is 9.94. The lowest BCUT2D eigenvalue weighted by Crippen LogP contribution is -2.27. The minimum atomic E-state index is -0.798. The summed E-state index contributed by atoms with van der Waals surface area (Å²) in [6.07, 6.45) is 11.4. The molecule has 2 unspecified atom stereocenters. The van der Waals surface area contributed by atoms with E-state index in [2.05, 4.69) is 26.5 Å². The molecule has 1 N–H and O–H groups in total. The molecule has 2 aliphatic rings. The van der Waals surface area contributed by atoms with E-state index in [0.29, 0.717) is 5.92 Å². The van der Waals surface area contributed by atoms with Gasteiger partial charge in [-0.25, -0.2) is 0 Å². The fourth-order valence-electron chi connectivity index (χ4n) is 4.42. The molecular weight excluding hydrogens is 244 g/mol. The molecule has 0 bridgehead atoms. The summed E-state index contributed by atoms with van der Waals surface area (Å²) in [5.74, 6) is 4.29. The van der Waals surface area contributed by atoms with Crippen molar-refractivity contribution in [2.75, 3.05) is 0 Å². The van der Waals surface area contributed by atoms with Crippen LogP contribution in [0.2, 0.25) is 0 Å². The monoisotopic (exact) mass is 276 g/mol. The average molecular weight is 276 g/mol. The van der Waals surface area contributed by atoms with Crippen LogP contribution in [0.25, 0.3) is 0 Å². The molecular formula is C19H32O. The van der Waals surface area contributed by atoms with Gasteiger partial charge in [0.15, 0.2) is 0 Å². The molecule has 0 heterocycles. The normalized spacial score (nSPS) is 36.0. The van der Waals surface area contributed by atoms with Crippen molar-refractivity contribution in [1.29, 1.82) is 0 Å². The molecule has 1 nitrogen and oxygen atoms in total. The number of hydrogen-bond acceptors (Lipinski definition) is 1. The Balaban J connectivity index is 1.98. The van der Waals surface area contributed by atoms with E-state index in [0.717, 1.165) is 29.2 Å². The van der Waals surface area contributed by atoms with E-state index in [1.165, 1.54) is 32.1 Å². The van der Waals surface area contributed by atoms with Crippen molar-refractivity contribution in [3.05, 3.63) is 24.3 Å². The standard InChI is InChI=1S/C19H32O/c1-13-7-6-8-18-16(13)11-12-17(18)14(2)9-10-15(3)19(4,5)20/h9-10,13-14,16-18,20H,3,6-8,11-12H2,1-2,4-5H3/b10-9+/t13?,14-,16+,17-,18?/m1/s1. The summed E-state index contributed by atoms with van der Waals surface area (Å²) in [5.41, 5.74) is 0.0178. The summed E-state index contributed by atoms with van der Waals surface area (Å²) >= 11 is 0. The molecule has 0 radical (unpaired) electrons. The van der Waals surface area contributed by atoms with Crippen molar-refractivity contribution in [1.82, 2.24) is 0 Å². The van der Waals surface area contributed by atoms with Gasteiger partial charge in [-0.3, -0.25) is 0 Å². The Morgan fingerprint density at radius 3 is 2.55 bits per heavy atom. The molecule has 0 spiro atoms. The van der Waals surface area contributed by atoms with Crippen molar-refractivity contribution in [2.24, 2.45) is 29.6 Å². The lowest BCUT2D eigenvalue weighted by Gasteiger charge is -2.35. The maximum atomic E-state index is 9.94. The summed E-state index contributed by atoms with van der Waals surface area (Å²) in [4.78, 5) is 0. The van der Waals surface area contributed by atoms with Gasteiger partial charge in [-0.05, 0) is 68.3 Å². The third-order valence-electron chi connectivity index (χ3n) is 5.92. The average Bonchev–Trinajstić information content (AvgIpc) is 2.79. The third kappa shape index (κ3) is 3.36. The van der Waals surface area contributed by atoms with Gasteiger partial charge < -0.3 is 5.11 Å². The molecule has 0 aromatic carbocycles. The minimum Gasteiger partial charge on any atom is -0.386 e. The van der Waals surface area contributed by atoms with Crippen LogP contribution in [0.5, 0.6) is 0 Å². The fourth-order valence-corrected chi connectivity index (χ4v) is 4.42. The Morgan fingerprint density at radius 1 is 1.20 bits per heavy atom. The van der Waals surface area contributed by atoms with Gasteiger partial charge >= 0.3 is 0 Å². The van der Waals surface area contributed by atoms with Crippen LogP contribution in [0.4, 0.5) is 0 Å². The highest BCUT2D eigenvalue weighted by Gasteiger charge is 2.42. The summed E-state index contributed by atoms with van der Waals surface area (Å²) < 4.78 is 0. The molecule has 0 saturated heterocycles. The Morgan fingerprint density at radius 2 is 1.90 bits per heavy atom. The van der Waals surface area contributed by atoms with Gasteiger partial charge in [-0.2, -0.15) is 0 Å². The molecule has 0 aromatic heterocycles. The molecule has 20 heavy (non-hydrogen) atoms. The van der Waals surface area contributed by atoms with Crippen LogP contribution in [0.1, 0.15) is 59.8 Å². The van der Waals surface area contributed by atoms with Crippen molar-refractivity contribution in [3.63, 3.8) is 0 Å². The zero-order valence-electron chi connectivity index (χ0n) is 13.7. The summed E-state index contributed by atoms with van der Waals surface area (Å²) in [6, 6.07) is 0. The number of rotatable bonds is 4. The van der Waals surface area contributed by atoms with Gasteiger partial charge in [0, 0.05) is 0 Å². The van der Waals surface area contributed by atoms with E-state index < -0.39 is 5.60 Å². The summed E-state index contributed by atoms with van der Waals surface area (Å²) in [7, 11) is 0. The zero-order valence-corrected chi connectivity index (χ0v) is 13.7. The minimum absolute atomic E-state index is 0.606. The van der Waals surface area contributed by atoms with Gasteiger partial charge in [0.05, 0.1) is 5.60 Å². The number of fused-ring (bicyclic) bond motifs is 1. The van der Waals surface area contributed by atoms with E-state index in [4.69, 9.17) is 0 Å². The molecule has 2 fully saturated rings. The molecule has 2 aliphatic carbocycles. The van der Waals surface area contributed by atoms with Gasteiger partial charge in [0.1, 0.15) is 0 Å². The lowest BCUT2D eigenvalue weighted by molar-refractivity contribution is 0.124. The van der Waals surface area contributed by atoms with Gasteiger partial charge in [0.2, 0.25) is 0 Å². The van der Waals surface area contributed by atoms with Crippen LogP contribution in [-0.4, -0.2) is 10.7 Å². The second-order valence-corrected chi connectivity index (χ2v) is 7.78. The number of hydrogen-bond donors (Lipinski definition) is 1. The van der Waals surface area contributed by atoms with Crippen molar-refractivity contribution in [2.45, 2.75) is 65.4 Å². The predicted molar refractivity (Wildman–Crippen MR) is 86.5 cm³/mol. The van der Waals surface area contributed by atoms with E-state index in [9.17, 15) is 5.11 Å². The van der Waals surface area contributed by atoms with Gasteiger partial charge in [0.25, 0.3) is 0 Å². The maximum Gasteiger partial charge on any atom is 0.0834 e. The Kier molecular flexibility index (Phi) is 4.79. The van der Waals surface area contributed by atoms with Crippen LogP contribution in [0.3, 0.4) is 0 Å². The first kappa shape index (κ1) is 15.8. The lowest BCUT2D eigenvalue weighted by atomic mass is 9.70. The highest BCUT2D eigenvalue weighted by molar-refractivity contribution is 5.24. The second kappa shape index (κ2) is 6.05. The number of allylic oxidation sites excluding steroid dienone is 1. The van der Waals surface area contributed by atoms with E-state index in [-0.39, 0.29) is 0 Å². The quantitative estimate of drug-likeness (QED) is 0.719. The van der Waals surface area contributed by atoms with Crippen molar-refractivity contribution in [3.8, 4) is 0 Å². The summed E-state index contributed by atoms with van der Waals surface area (Å²) in [6.45, 7) is 12.4. The highest BCUT2D eigenvalue weighted by Crippen LogP contribution is 2.51. The number of aliphatic hydroxyl groups is 1. The Labute approximate surface area is 125 Å².